The van der Waals surface area contributed by atoms with Crippen LogP contribution >= 0.6 is 0 Å². The fraction of sp³-hybridized carbons (Fsp3) is 0.967. The van der Waals surface area contributed by atoms with E-state index in [0.717, 1.165) is 12.8 Å². The predicted molar refractivity (Wildman–Crippen MR) is 155 cm³/mol. The van der Waals surface area contributed by atoms with Crippen molar-refractivity contribution < 1.29 is 51.8 Å². The van der Waals surface area contributed by atoms with Crippen LogP contribution in [-0.2, 0) is 47.4 Å². The standard InChI is InChI=1S/C30H59FO10/c1-2-3-4-5-6-7-8-9-10-11-30(32)41-29-28-40-27-26-39-25-24-38-23-22-37-21-20-36-19-18-35-17-16-34-15-14-33-13-12-31/h2-29H2,1H3. The second kappa shape index (κ2) is 37.1. The zero-order valence-electron chi connectivity index (χ0n) is 25.8. The van der Waals surface area contributed by atoms with Crippen LogP contribution in [0, 0.1) is 0 Å². The quantitative estimate of drug-likeness (QED) is 0.0754. The normalized spacial score (nSPS) is 11.4. The van der Waals surface area contributed by atoms with Gasteiger partial charge in [0.05, 0.1) is 106 Å². The second-order valence-electron chi connectivity index (χ2n) is 9.39. The lowest BCUT2D eigenvalue weighted by atomic mass is 10.1. The Morgan fingerprint density at radius 3 is 1.05 bits per heavy atom. The van der Waals surface area contributed by atoms with Gasteiger partial charge in [-0.25, -0.2) is 4.39 Å². The summed E-state index contributed by atoms with van der Waals surface area (Å²) in [6.45, 7) is 9.17. The first-order valence-corrected chi connectivity index (χ1v) is 15.6. The van der Waals surface area contributed by atoms with Crippen molar-refractivity contribution in [3.63, 3.8) is 0 Å². The third-order valence-corrected chi connectivity index (χ3v) is 5.80. The summed E-state index contributed by atoms with van der Waals surface area (Å²) in [5.74, 6) is -0.139. The minimum Gasteiger partial charge on any atom is -0.463 e. The molecule has 0 aromatic carbocycles. The molecule has 0 aromatic rings. The van der Waals surface area contributed by atoms with E-state index >= 15 is 0 Å². The number of alkyl halides is 1. The maximum absolute atomic E-state index is 11.8. The third kappa shape index (κ3) is 37.1. The SMILES string of the molecule is CCCCCCCCCCCC(=O)OCCOCCOCCOCCOCCOCCOCCOCCOCCF. The Labute approximate surface area is 248 Å². The summed E-state index contributed by atoms with van der Waals surface area (Å²) >= 11 is 0. The molecule has 0 unspecified atom stereocenters. The topological polar surface area (TPSA) is 100 Å². The molecule has 0 radical (unpaired) electrons. The number of carbonyl (C=O) groups is 1. The van der Waals surface area contributed by atoms with Crippen LogP contribution in [0.2, 0.25) is 0 Å². The van der Waals surface area contributed by atoms with Gasteiger partial charge in [-0.05, 0) is 6.42 Å². The molecule has 10 nitrogen and oxygen atoms in total. The monoisotopic (exact) mass is 598 g/mol. The zero-order chi connectivity index (χ0) is 29.7. The molecule has 0 bridgehead atoms. The smallest absolute Gasteiger partial charge is 0.305 e. The Balaban J connectivity index is 3.11. The van der Waals surface area contributed by atoms with Crippen LogP contribution in [-0.4, -0.2) is 125 Å². The van der Waals surface area contributed by atoms with Crippen molar-refractivity contribution in [2.24, 2.45) is 0 Å². The lowest BCUT2D eigenvalue weighted by Crippen LogP contribution is -2.15. The Morgan fingerprint density at radius 1 is 0.415 bits per heavy atom. The first kappa shape index (κ1) is 40.1. The van der Waals surface area contributed by atoms with Crippen molar-refractivity contribution >= 4 is 5.97 Å². The highest BCUT2D eigenvalue weighted by molar-refractivity contribution is 5.69. The number of unbranched alkanes of at least 4 members (excludes halogenated alkanes) is 8. The van der Waals surface area contributed by atoms with Gasteiger partial charge in [-0.3, -0.25) is 4.79 Å². The highest BCUT2D eigenvalue weighted by atomic mass is 19.1. The number of halogens is 1. The summed E-state index contributed by atoms with van der Waals surface area (Å²) in [6, 6.07) is 0. The maximum atomic E-state index is 11.8. The summed E-state index contributed by atoms with van der Waals surface area (Å²) in [7, 11) is 0. The first-order valence-electron chi connectivity index (χ1n) is 15.6. The van der Waals surface area contributed by atoms with Gasteiger partial charge in [-0.15, -0.1) is 0 Å². The van der Waals surface area contributed by atoms with Gasteiger partial charge in [0.15, 0.2) is 0 Å². The average Bonchev–Trinajstić information content (AvgIpc) is 2.98. The molecular weight excluding hydrogens is 539 g/mol. The van der Waals surface area contributed by atoms with Gasteiger partial charge in [-0.2, -0.15) is 0 Å². The minimum atomic E-state index is -0.474. The molecule has 0 saturated heterocycles. The van der Waals surface area contributed by atoms with Crippen molar-refractivity contribution in [3.05, 3.63) is 0 Å². The van der Waals surface area contributed by atoms with E-state index in [9.17, 15) is 9.18 Å². The van der Waals surface area contributed by atoms with E-state index in [2.05, 4.69) is 6.92 Å². The molecule has 0 fully saturated rings. The first-order chi connectivity index (χ1) is 20.3. The molecule has 0 amide bonds. The van der Waals surface area contributed by atoms with Crippen LogP contribution in [0.3, 0.4) is 0 Å². The molecule has 0 aliphatic carbocycles. The molecule has 0 heterocycles. The van der Waals surface area contributed by atoms with E-state index in [1.807, 2.05) is 0 Å². The maximum Gasteiger partial charge on any atom is 0.305 e. The van der Waals surface area contributed by atoms with Crippen molar-refractivity contribution in [3.8, 4) is 0 Å². The van der Waals surface area contributed by atoms with E-state index < -0.39 is 6.67 Å². The molecule has 0 aliphatic rings. The van der Waals surface area contributed by atoms with Crippen molar-refractivity contribution in [2.45, 2.75) is 71.1 Å². The predicted octanol–water partition coefficient (Wildman–Crippen LogP) is 4.55. The number of esters is 1. The fourth-order valence-electron chi connectivity index (χ4n) is 3.56. The van der Waals surface area contributed by atoms with Gasteiger partial charge in [0.25, 0.3) is 0 Å². The molecule has 0 aliphatic heterocycles. The average molecular weight is 599 g/mol. The third-order valence-electron chi connectivity index (χ3n) is 5.80. The van der Waals surface area contributed by atoms with E-state index in [1.54, 1.807) is 0 Å². The number of ether oxygens (including phenoxy) is 9. The Bertz CT molecular complexity index is 502. The fourth-order valence-corrected chi connectivity index (χ4v) is 3.56. The molecule has 0 N–H and O–H groups in total. The molecule has 0 saturated carbocycles. The van der Waals surface area contributed by atoms with Crippen molar-refractivity contribution in [1.29, 1.82) is 0 Å². The van der Waals surface area contributed by atoms with Crippen LogP contribution in [0.4, 0.5) is 4.39 Å². The molecule has 246 valence electrons. The molecule has 0 spiro atoms. The van der Waals surface area contributed by atoms with Crippen molar-refractivity contribution in [1.82, 2.24) is 0 Å². The van der Waals surface area contributed by atoms with Crippen LogP contribution in [0.1, 0.15) is 71.1 Å². The molecule has 0 rings (SSSR count). The number of hydrogen-bond acceptors (Lipinski definition) is 10. The lowest BCUT2D eigenvalue weighted by molar-refractivity contribution is -0.145. The summed E-state index contributed by atoms with van der Waals surface area (Å²) < 4.78 is 59.8. The summed E-state index contributed by atoms with van der Waals surface area (Å²) in [6.07, 6.45) is 11.6. The van der Waals surface area contributed by atoms with Gasteiger partial charge in [0.1, 0.15) is 13.3 Å². The molecular formula is C30H59FO10. The zero-order valence-corrected chi connectivity index (χ0v) is 25.8. The van der Waals surface area contributed by atoms with E-state index in [4.69, 9.17) is 42.6 Å². The highest BCUT2D eigenvalue weighted by Crippen LogP contribution is 2.10. The number of rotatable bonds is 36. The van der Waals surface area contributed by atoms with Gasteiger partial charge >= 0.3 is 5.97 Å². The Kier molecular flexibility index (Phi) is 36.3. The highest BCUT2D eigenvalue weighted by Gasteiger charge is 2.03. The molecule has 11 heteroatoms. The van der Waals surface area contributed by atoms with Gasteiger partial charge in [0, 0.05) is 6.42 Å². The lowest BCUT2D eigenvalue weighted by Gasteiger charge is -2.09. The number of carbonyl (C=O) groups excluding carboxylic acids is 1. The Morgan fingerprint density at radius 2 is 0.707 bits per heavy atom. The molecule has 0 atom stereocenters. The minimum absolute atomic E-state index is 0.114. The molecule has 41 heavy (non-hydrogen) atoms. The largest absolute Gasteiger partial charge is 0.463 e. The van der Waals surface area contributed by atoms with Crippen LogP contribution in [0.5, 0.6) is 0 Å². The van der Waals surface area contributed by atoms with Gasteiger partial charge < -0.3 is 42.6 Å². The summed E-state index contributed by atoms with van der Waals surface area (Å²) in [5, 5.41) is 0. The number of hydrogen-bond donors (Lipinski definition) is 0. The van der Waals surface area contributed by atoms with Crippen LogP contribution in [0.25, 0.3) is 0 Å². The Hall–Kier alpha value is -0.920. The van der Waals surface area contributed by atoms with E-state index in [1.165, 1.54) is 44.9 Å². The van der Waals surface area contributed by atoms with Gasteiger partial charge in [-0.1, -0.05) is 58.3 Å². The molecule has 0 aromatic heterocycles. The van der Waals surface area contributed by atoms with Crippen LogP contribution < -0.4 is 0 Å². The summed E-state index contributed by atoms with van der Waals surface area (Å²) in [5.41, 5.74) is 0. The summed E-state index contributed by atoms with van der Waals surface area (Å²) in [4.78, 5) is 11.7. The van der Waals surface area contributed by atoms with E-state index in [0.29, 0.717) is 106 Å². The van der Waals surface area contributed by atoms with Crippen LogP contribution in [0.15, 0.2) is 0 Å². The van der Waals surface area contributed by atoms with Gasteiger partial charge in [0.2, 0.25) is 0 Å². The van der Waals surface area contributed by atoms with E-state index in [-0.39, 0.29) is 19.2 Å². The second-order valence-corrected chi connectivity index (χ2v) is 9.39. The van der Waals surface area contributed by atoms with Crippen molar-refractivity contribution in [2.75, 3.05) is 119 Å².